The number of rotatable bonds is 7. The van der Waals surface area contributed by atoms with E-state index in [4.69, 9.17) is 9.63 Å². The zero-order valence-corrected chi connectivity index (χ0v) is 21.8. The minimum Gasteiger partial charge on any atom is -0.478 e. The average Bonchev–Trinajstić information content (AvgIpc) is 3.43. The third-order valence-electron chi connectivity index (χ3n) is 7.29. The minimum absolute atomic E-state index is 0.122. The van der Waals surface area contributed by atoms with Crippen molar-refractivity contribution in [3.63, 3.8) is 0 Å². The van der Waals surface area contributed by atoms with Crippen molar-refractivity contribution in [2.45, 2.75) is 19.4 Å². The fraction of sp³-hybridized carbons (Fsp3) is 0.0882. The van der Waals surface area contributed by atoms with E-state index in [1.54, 1.807) is 12.1 Å². The second kappa shape index (κ2) is 10.5. The van der Waals surface area contributed by atoms with Crippen LogP contribution < -0.4 is 5.32 Å². The van der Waals surface area contributed by atoms with E-state index in [0.29, 0.717) is 22.2 Å². The second-order valence-electron chi connectivity index (χ2n) is 9.84. The molecule has 1 aromatic heterocycles. The van der Waals surface area contributed by atoms with Gasteiger partial charge in [0.15, 0.2) is 5.58 Å². The molecule has 6 rings (SSSR count). The Bertz CT molecular complexity index is 1860. The first-order valence-electron chi connectivity index (χ1n) is 13.1. The van der Waals surface area contributed by atoms with Crippen molar-refractivity contribution < 1.29 is 19.2 Å². The molecule has 0 aliphatic carbocycles. The van der Waals surface area contributed by atoms with Gasteiger partial charge in [0.25, 0.3) is 5.91 Å². The number of benzene rings is 5. The van der Waals surface area contributed by atoms with Crippen LogP contribution in [0.3, 0.4) is 0 Å². The number of carbonyl (C=O) groups is 2. The number of carboxylic acid groups (broad SMARTS) is 1. The van der Waals surface area contributed by atoms with E-state index in [1.165, 1.54) is 12.1 Å². The van der Waals surface area contributed by atoms with Crippen LogP contribution in [0.25, 0.3) is 32.9 Å². The number of aromatic nitrogens is 1. The van der Waals surface area contributed by atoms with Gasteiger partial charge in [0.2, 0.25) is 0 Å². The number of nitrogens with one attached hydrogen (secondary N) is 1. The first-order chi connectivity index (χ1) is 19.5. The van der Waals surface area contributed by atoms with Crippen molar-refractivity contribution in [2.24, 2.45) is 0 Å². The van der Waals surface area contributed by atoms with Crippen LogP contribution in [0, 0.1) is 0 Å². The molecule has 1 atom stereocenters. The molecule has 2 N–H and O–H groups in total. The predicted octanol–water partition coefficient (Wildman–Crippen LogP) is 7.43. The molecule has 0 fully saturated rings. The summed E-state index contributed by atoms with van der Waals surface area (Å²) in [5, 5.41) is 19.6. The van der Waals surface area contributed by atoms with Crippen molar-refractivity contribution in [3.05, 3.63) is 137 Å². The third-order valence-corrected chi connectivity index (χ3v) is 7.29. The highest BCUT2D eigenvalue weighted by Crippen LogP contribution is 2.36. The molecule has 5 aromatic carbocycles. The van der Waals surface area contributed by atoms with Gasteiger partial charge in [0.1, 0.15) is 0 Å². The maximum absolute atomic E-state index is 13.7. The molecule has 0 radical (unpaired) electrons. The molecule has 6 nitrogen and oxygen atoms in total. The van der Waals surface area contributed by atoms with E-state index in [9.17, 15) is 9.59 Å². The Labute approximate surface area is 230 Å². The molecular formula is C34H26N2O4. The third kappa shape index (κ3) is 4.83. The Kier molecular flexibility index (Phi) is 6.58. The summed E-state index contributed by atoms with van der Waals surface area (Å²) in [7, 11) is 0. The fourth-order valence-electron chi connectivity index (χ4n) is 5.05. The molecule has 0 saturated heterocycles. The summed E-state index contributed by atoms with van der Waals surface area (Å²) in [6.07, 6.45) is 0. The monoisotopic (exact) mass is 526 g/mol. The van der Waals surface area contributed by atoms with Gasteiger partial charge in [-0.2, -0.15) is 0 Å². The van der Waals surface area contributed by atoms with Crippen LogP contribution in [0.4, 0.5) is 0 Å². The van der Waals surface area contributed by atoms with Gasteiger partial charge >= 0.3 is 5.97 Å². The van der Waals surface area contributed by atoms with Crippen LogP contribution in [0.15, 0.2) is 114 Å². The van der Waals surface area contributed by atoms with E-state index in [0.717, 1.165) is 33.0 Å². The molecule has 40 heavy (non-hydrogen) atoms. The topological polar surface area (TPSA) is 92.4 Å². The first kappa shape index (κ1) is 25.1. The highest BCUT2D eigenvalue weighted by molar-refractivity contribution is 6.08. The number of hydrogen-bond donors (Lipinski definition) is 2. The van der Waals surface area contributed by atoms with Crippen LogP contribution in [-0.2, 0) is 6.54 Å². The number of carboxylic acids is 1. The van der Waals surface area contributed by atoms with Crippen LogP contribution in [-0.4, -0.2) is 22.1 Å². The first-order valence-corrected chi connectivity index (χ1v) is 13.1. The number of nitrogens with zero attached hydrogens (tertiary/aromatic N) is 1. The number of aromatic carboxylic acids is 1. The van der Waals surface area contributed by atoms with Crippen LogP contribution in [0.2, 0.25) is 0 Å². The largest absolute Gasteiger partial charge is 0.478 e. The van der Waals surface area contributed by atoms with E-state index in [1.807, 2.05) is 54.6 Å². The second-order valence-corrected chi connectivity index (χ2v) is 9.84. The van der Waals surface area contributed by atoms with Crippen molar-refractivity contribution >= 4 is 33.6 Å². The zero-order chi connectivity index (χ0) is 27.6. The lowest BCUT2D eigenvalue weighted by molar-refractivity contribution is 0.0696. The molecule has 6 aromatic rings. The summed E-state index contributed by atoms with van der Waals surface area (Å²) in [5.74, 6) is -1.37. The van der Waals surface area contributed by atoms with Gasteiger partial charge in [-0.25, -0.2) is 4.79 Å². The summed E-state index contributed by atoms with van der Waals surface area (Å²) in [6.45, 7) is 2.31. The van der Waals surface area contributed by atoms with Gasteiger partial charge in [-0.15, -0.1) is 0 Å². The summed E-state index contributed by atoms with van der Waals surface area (Å²) >= 11 is 0. The normalized spacial score (nSPS) is 11.9. The smallest absolute Gasteiger partial charge is 0.335 e. The molecule has 1 heterocycles. The van der Waals surface area contributed by atoms with E-state index >= 15 is 0 Å². The fourth-order valence-corrected chi connectivity index (χ4v) is 5.05. The van der Waals surface area contributed by atoms with Gasteiger partial charge < -0.3 is 14.9 Å². The quantitative estimate of drug-likeness (QED) is 0.226. The molecule has 0 spiro atoms. The number of carbonyl (C=O) groups excluding carboxylic acids is 1. The van der Waals surface area contributed by atoms with Crippen LogP contribution in [0.1, 0.15) is 50.4 Å². The molecular weight excluding hydrogens is 500 g/mol. The lowest BCUT2D eigenvalue weighted by Gasteiger charge is -2.13. The lowest BCUT2D eigenvalue weighted by Crippen LogP contribution is -2.23. The highest BCUT2D eigenvalue weighted by atomic mass is 16.5. The summed E-state index contributed by atoms with van der Waals surface area (Å²) in [6, 6.07) is 34.6. The molecule has 6 heteroatoms. The zero-order valence-electron chi connectivity index (χ0n) is 21.8. The maximum atomic E-state index is 13.7. The summed E-state index contributed by atoms with van der Waals surface area (Å²) < 4.78 is 5.84. The van der Waals surface area contributed by atoms with E-state index in [2.05, 4.69) is 47.7 Å². The Morgan fingerprint density at radius 1 is 0.825 bits per heavy atom. The highest BCUT2D eigenvalue weighted by Gasteiger charge is 2.24. The van der Waals surface area contributed by atoms with Gasteiger partial charge in [-0.3, -0.25) is 4.79 Å². The Balaban J connectivity index is 1.40. The molecule has 0 aliphatic rings. The van der Waals surface area contributed by atoms with Gasteiger partial charge in [-0.05, 0) is 57.3 Å². The Hall–Kier alpha value is -5.23. The van der Waals surface area contributed by atoms with Crippen LogP contribution in [0.5, 0.6) is 0 Å². The van der Waals surface area contributed by atoms with Gasteiger partial charge in [0, 0.05) is 12.5 Å². The number of fused-ring (bicyclic) bond motifs is 2. The average molecular weight is 527 g/mol. The molecule has 0 saturated carbocycles. The van der Waals surface area contributed by atoms with Crippen molar-refractivity contribution in [1.82, 2.24) is 10.5 Å². The molecule has 0 bridgehead atoms. The summed E-state index contributed by atoms with van der Waals surface area (Å²) in [5.41, 5.74) is 5.59. The van der Waals surface area contributed by atoms with E-state index < -0.39 is 5.97 Å². The number of amides is 1. The number of hydrogen-bond acceptors (Lipinski definition) is 4. The Morgan fingerprint density at radius 2 is 1.55 bits per heavy atom. The minimum atomic E-state index is -0.990. The summed E-state index contributed by atoms with van der Waals surface area (Å²) in [4.78, 5) is 24.9. The lowest BCUT2D eigenvalue weighted by atomic mass is 9.91. The maximum Gasteiger partial charge on any atom is 0.335 e. The Morgan fingerprint density at radius 3 is 2.30 bits per heavy atom. The van der Waals surface area contributed by atoms with Crippen LogP contribution >= 0.6 is 0 Å². The molecule has 0 aliphatic heterocycles. The molecule has 0 unspecified atom stereocenters. The van der Waals surface area contributed by atoms with Crippen molar-refractivity contribution in [2.75, 3.05) is 0 Å². The van der Waals surface area contributed by atoms with Gasteiger partial charge in [-0.1, -0.05) is 97.0 Å². The van der Waals surface area contributed by atoms with Crippen molar-refractivity contribution in [3.8, 4) is 11.1 Å². The molecule has 196 valence electrons. The van der Waals surface area contributed by atoms with Gasteiger partial charge in [0.05, 0.1) is 22.2 Å². The SMILES string of the molecule is C[C@@H](c1ccc2ccccc2c1)c1noc2cc(-c3ccccc3)cc(C(=O)NCc3ccc(C(=O)O)cc3)c12. The van der Waals surface area contributed by atoms with Crippen molar-refractivity contribution in [1.29, 1.82) is 0 Å². The molecule has 1 amide bonds. The van der Waals surface area contributed by atoms with E-state index in [-0.39, 0.29) is 23.9 Å². The predicted molar refractivity (Wildman–Crippen MR) is 155 cm³/mol. The standard InChI is InChI=1S/C34H26N2O4/c1-21(26-16-15-24-9-5-6-10-27(24)17-26)32-31-29(33(37)35-20-22-11-13-25(14-12-22)34(38)39)18-28(19-30(31)40-36-32)23-7-3-2-4-8-23/h2-19,21H,20H2,1H3,(H,35,37)(H,38,39)/t21-/m0/s1.